The van der Waals surface area contributed by atoms with Gasteiger partial charge in [0.2, 0.25) is 5.95 Å². The van der Waals surface area contributed by atoms with Gasteiger partial charge in [0.05, 0.1) is 5.56 Å². The van der Waals surface area contributed by atoms with Crippen LogP contribution in [0.5, 0.6) is 0 Å². The molecule has 28 heavy (non-hydrogen) atoms. The predicted molar refractivity (Wildman–Crippen MR) is 106 cm³/mol. The number of fused-ring (bicyclic) bond motifs is 1. The standard InChI is InChI=1S/C21H18FN5O/c22-16-4-3-5-17(10-16)27-21-25-12-15(13-26-21)20(28)23-9-8-14-11-24-19-7-2-1-6-18(14)19/h1-7,10-13,24H,8-9H2,(H,23,28)(H,25,26,27). The minimum Gasteiger partial charge on any atom is -0.361 e. The molecule has 3 N–H and O–H groups in total. The van der Waals surface area contributed by atoms with Crippen LogP contribution in [0.3, 0.4) is 0 Å². The summed E-state index contributed by atoms with van der Waals surface area (Å²) in [6, 6.07) is 14.1. The van der Waals surface area contributed by atoms with Crippen LogP contribution in [0, 0.1) is 5.82 Å². The average Bonchev–Trinajstić information content (AvgIpc) is 3.12. The molecule has 0 spiro atoms. The zero-order valence-electron chi connectivity index (χ0n) is 14.9. The Kier molecular flexibility index (Phi) is 4.97. The van der Waals surface area contributed by atoms with Crippen LogP contribution in [0.2, 0.25) is 0 Å². The summed E-state index contributed by atoms with van der Waals surface area (Å²) < 4.78 is 13.2. The first kappa shape index (κ1) is 17.7. The summed E-state index contributed by atoms with van der Waals surface area (Å²) >= 11 is 0. The molecule has 2 aromatic carbocycles. The van der Waals surface area contributed by atoms with Crippen LogP contribution in [0.25, 0.3) is 10.9 Å². The number of aromatic nitrogens is 3. The highest BCUT2D eigenvalue weighted by Gasteiger charge is 2.08. The first-order valence-corrected chi connectivity index (χ1v) is 8.87. The fraction of sp³-hybridized carbons (Fsp3) is 0.0952. The van der Waals surface area contributed by atoms with Crippen molar-refractivity contribution < 1.29 is 9.18 Å². The van der Waals surface area contributed by atoms with Gasteiger partial charge < -0.3 is 15.6 Å². The fourth-order valence-corrected chi connectivity index (χ4v) is 2.96. The van der Waals surface area contributed by atoms with E-state index in [0.29, 0.717) is 23.7 Å². The molecule has 0 saturated heterocycles. The molecule has 0 fully saturated rings. The molecule has 0 aliphatic rings. The summed E-state index contributed by atoms with van der Waals surface area (Å²) in [6.45, 7) is 0.504. The number of rotatable bonds is 6. The van der Waals surface area contributed by atoms with E-state index in [1.807, 2.05) is 24.4 Å². The number of carbonyl (C=O) groups excluding carboxylic acids is 1. The minimum absolute atomic E-state index is 0.239. The van der Waals surface area contributed by atoms with Gasteiger partial charge in [-0.05, 0) is 36.2 Å². The van der Waals surface area contributed by atoms with Crippen molar-refractivity contribution in [3.05, 3.63) is 84.1 Å². The van der Waals surface area contributed by atoms with E-state index in [9.17, 15) is 9.18 Å². The Morgan fingerprint density at radius 2 is 1.89 bits per heavy atom. The number of amides is 1. The molecule has 0 atom stereocenters. The smallest absolute Gasteiger partial charge is 0.254 e. The normalized spacial score (nSPS) is 10.8. The van der Waals surface area contributed by atoms with Crippen LogP contribution < -0.4 is 10.6 Å². The molecule has 4 aromatic rings. The summed E-state index contributed by atoms with van der Waals surface area (Å²) in [5.74, 6) is -0.297. The largest absolute Gasteiger partial charge is 0.361 e. The quantitative estimate of drug-likeness (QED) is 0.479. The van der Waals surface area contributed by atoms with E-state index in [1.54, 1.807) is 12.1 Å². The molecule has 1 amide bonds. The van der Waals surface area contributed by atoms with E-state index in [-0.39, 0.29) is 11.7 Å². The van der Waals surface area contributed by atoms with E-state index in [0.717, 1.165) is 22.9 Å². The van der Waals surface area contributed by atoms with Gasteiger partial charge >= 0.3 is 0 Å². The lowest BCUT2D eigenvalue weighted by atomic mass is 10.1. The summed E-state index contributed by atoms with van der Waals surface area (Å²) in [6.07, 6.45) is 5.56. The lowest BCUT2D eigenvalue weighted by Gasteiger charge is -2.07. The summed E-state index contributed by atoms with van der Waals surface area (Å²) in [4.78, 5) is 23.7. The molecular weight excluding hydrogens is 357 g/mol. The fourth-order valence-electron chi connectivity index (χ4n) is 2.96. The van der Waals surface area contributed by atoms with E-state index < -0.39 is 0 Å². The summed E-state index contributed by atoms with van der Waals surface area (Å²) in [5.41, 5.74) is 3.14. The number of nitrogens with one attached hydrogen (secondary N) is 3. The first-order valence-electron chi connectivity index (χ1n) is 8.87. The van der Waals surface area contributed by atoms with E-state index in [2.05, 4.69) is 31.7 Å². The Hall–Kier alpha value is -3.74. The summed E-state index contributed by atoms with van der Waals surface area (Å²) in [7, 11) is 0. The van der Waals surface area contributed by atoms with Gasteiger partial charge in [0.1, 0.15) is 5.82 Å². The number of benzene rings is 2. The van der Waals surface area contributed by atoms with Crippen LogP contribution in [-0.4, -0.2) is 27.4 Å². The van der Waals surface area contributed by atoms with Gasteiger partial charge in [-0.2, -0.15) is 0 Å². The molecule has 2 aromatic heterocycles. The number of H-pyrrole nitrogens is 1. The Morgan fingerprint density at radius 3 is 2.71 bits per heavy atom. The SMILES string of the molecule is O=C(NCCc1c[nH]c2ccccc12)c1cnc(Nc2cccc(F)c2)nc1. The van der Waals surface area contributed by atoms with Crippen LogP contribution in [0.15, 0.2) is 67.1 Å². The number of aromatic amines is 1. The Balaban J connectivity index is 1.33. The first-order chi connectivity index (χ1) is 13.7. The van der Waals surface area contributed by atoms with E-state index in [4.69, 9.17) is 0 Å². The number of anilines is 2. The topological polar surface area (TPSA) is 82.7 Å². The van der Waals surface area contributed by atoms with E-state index in [1.165, 1.54) is 24.5 Å². The van der Waals surface area contributed by atoms with Crippen molar-refractivity contribution >= 4 is 28.4 Å². The van der Waals surface area contributed by atoms with E-state index >= 15 is 0 Å². The Labute approximate surface area is 160 Å². The van der Waals surface area contributed by atoms with Crippen molar-refractivity contribution in [1.29, 1.82) is 0 Å². The molecule has 140 valence electrons. The van der Waals surface area contributed by atoms with Crippen LogP contribution in [0.4, 0.5) is 16.0 Å². The Morgan fingerprint density at radius 1 is 1.07 bits per heavy atom. The lowest BCUT2D eigenvalue weighted by molar-refractivity contribution is 0.0953. The van der Waals surface area contributed by atoms with Crippen molar-refractivity contribution in [2.75, 3.05) is 11.9 Å². The second-order valence-electron chi connectivity index (χ2n) is 6.30. The van der Waals surface area contributed by atoms with Crippen LogP contribution >= 0.6 is 0 Å². The highest BCUT2D eigenvalue weighted by Crippen LogP contribution is 2.18. The van der Waals surface area contributed by atoms with Gasteiger partial charge in [-0.25, -0.2) is 14.4 Å². The van der Waals surface area contributed by atoms with Crippen molar-refractivity contribution in [2.45, 2.75) is 6.42 Å². The number of carbonyl (C=O) groups is 1. The second kappa shape index (κ2) is 7.87. The monoisotopic (exact) mass is 375 g/mol. The number of para-hydroxylation sites is 1. The molecule has 2 heterocycles. The molecular formula is C21H18FN5O. The highest BCUT2D eigenvalue weighted by atomic mass is 19.1. The second-order valence-corrected chi connectivity index (χ2v) is 6.30. The van der Waals surface area contributed by atoms with Crippen LogP contribution in [-0.2, 0) is 6.42 Å². The zero-order chi connectivity index (χ0) is 19.3. The average molecular weight is 375 g/mol. The number of halogens is 1. The molecule has 4 rings (SSSR count). The van der Waals surface area contributed by atoms with Crippen LogP contribution in [0.1, 0.15) is 15.9 Å². The molecule has 7 heteroatoms. The zero-order valence-corrected chi connectivity index (χ0v) is 14.9. The highest BCUT2D eigenvalue weighted by molar-refractivity contribution is 5.93. The van der Waals surface area contributed by atoms with Crippen molar-refractivity contribution in [3.8, 4) is 0 Å². The van der Waals surface area contributed by atoms with Crippen molar-refractivity contribution in [1.82, 2.24) is 20.3 Å². The van der Waals surface area contributed by atoms with Crippen molar-refractivity contribution in [3.63, 3.8) is 0 Å². The molecule has 0 bridgehead atoms. The maximum Gasteiger partial charge on any atom is 0.254 e. The molecule has 0 radical (unpaired) electrons. The maximum atomic E-state index is 13.2. The Bertz CT molecular complexity index is 1110. The third-order valence-electron chi connectivity index (χ3n) is 4.35. The molecule has 0 saturated carbocycles. The van der Waals surface area contributed by atoms with Gasteiger partial charge in [0.15, 0.2) is 0 Å². The number of nitrogens with zero attached hydrogens (tertiary/aromatic N) is 2. The minimum atomic E-state index is -0.351. The van der Waals surface area contributed by atoms with Gasteiger partial charge in [-0.3, -0.25) is 4.79 Å². The number of hydrogen-bond donors (Lipinski definition) is 3. The van der Waals surface area contributed by atoms with Gasteiger partial charge in [-0.1, -0.05) is 24.3 Å². The maximum absolute atomic E-state index is 13.2. The van der Waals surface area contributed by atoms with Gasteiger partial charge in [0.25, 0.3) is 5.91 Å². The third kappa shape index (κ3) is 3.98. The predicted octanol–water partition coefficient (Wildman–Crippen LogP) is 3.81. The molecule has 0 unspecified atom stereocenters. The molecule has 0 aliphatic heterocycles. The summed E-state index contributed by atoms with van der Waals surface area (Å²) in [5, 5.41) is 6.93. The van der Waals surface area contributed by atoms with Crippen molar-refractivity contribution in [2.24, 2.45) is 0 Å². The third-order valence-corrected chi connectivity index (χ3v) is 4.35. The number of hydrogen-bond acceptors (Lipinski definition) is 4. The molecule has 6 nitrogen and oxygen atoms in total. The van der Waals surface area contributed by atoms with Gasteiger partial charge in [0, 0.05) is 41.7 Å². The molecule has 0 aliphatic carbocycles. The van der Waals surface area contributed by atoms with Gasteiger partial charge in [-0.15, -0.1) is 0 Å². The lowest BCUT2D eigenvalue weighted by Crippen LogP contribution is -2.26.